The molecule has 0 aliphatic carbocycles. The molecule has 0 saturated carbocycles. The van der Waals surface area contributed by atoms with Crippen LogP contribution in [0.3, 0.4) is 0 Å². The van der Waals surface area contributed by atoms with Gasteiger partial charge in [0.1, 0.15) is 6.04 Å². The van der Waals surface area contributed by atoms with Crippen molar-refractivity contribution in [3.05, 3.63) is 64.2 Å². The van der Waals surface area contributed by atoms with Crippen molar-refractivity contribution in [1.82, 2.24) is 20.0 Å². The third kappa shape index (κ3) is 4.74. The van der Waals surface area contributed by atoms with Crippen LogP contribution in [0.25, 0.3) is 0 Å². The number of carbonyl (C=O) groups is 5. The lowest BCUT2D eigenvalue weighted by molar-refractivity contribution is -0.166. The summed E-state index contributed by atoms with van der Waals surface area (Å²) in [6.07, 6.45) is 0.144. The molecule has 1 unspecified atom stereocenters. The Balaban J connectivity index is 1.05. The number of piperazine rings is 1. The molecule has 1 atom stereocenters. The fourth-order valence-electron chi connectivity index (χ4n) is 5.83. The fraction of sp³-hybridized carbons (Fsp3) is 0.393. The predicted molar refractivity (Wildman–Crippen MR) is 143 cm³/mol. The number of amides is 5. The lowest BCUT2D eigenvalue weighted by atomic mass is 10.0. The molecule has 3 fully saturated rings. The van der Waals surface area contributed by atoms with Gasteiger partial charge in [0.2, 0.25) is 11.8 Å². The summed E-state index contributed by atoms with van der Waals surface area (Å²) < 4.78 is 29.5. The molecule has 4 aliphatic rings. The summed E-state index contributed by atoms with van der Waals surface area (Å²) in [4.78, 5) is 68.7. The quantitative estimate of drug-likeness (QED) is 0.534. The van der Waals surface area contributed by atoms with E-state index in [4.69, 9.17) is 11.6 Å². The molecule has 4 heterocycles. The second-order valence-corrected chi connectivity index (χ2v) is 11.1. The van der Waals surface area contributed by atoms with Crippen molar-refractivity contribution >= 4 is 46.8 Å². The van der Waals surface area contributed by atoms with E-state index < -0.39 is 47.1 Å². The first-order chi connectivity index (χ1) is 19.5. The van der Waals surface area contributed by atoms with Crippen LogP contribution in [0.5, 0.6) is 0 Å². The van der Waals surface area contributed by atoms with E-state index >= 15 is 0 Å². The monoisotopic (exact) mass is 585 g/mol. The number of halogens is 3. The highest BCUT2D eigenvalue weighted by atomic mass is 35.5. The van der Waals surface area contributed by atoms with Gasteiger partial charge in [-0.3, -0.25) is 39.1 Å². The maximum absolute atomic E-state index is 14.7. The van der Waals surface area contributed by atoms with Crippen molar-refractivity contribution in [3.8, 4) is 0 Å². The number of alkyl halides is 2. The van der Waals surface area contributed by atoms with Crippen molar-refractivity contribution in [2.24, 2.45) is 0 Å². The standard InChI is InChI=1S/C28H26ClF2N5O5/c29-17-3-1-16(2-4-17)28(30,31)27(41)35-14-19(15-35)34-11-9-33(10-12-34)18-5-6-20-21(13-18)26(40)36(25(20)39)22-7-8-23(37)32-24(22)38/h1-6,13,19,22H,7-12,14-15H2,(H,32,37,38). The Bertz CT molecular complexity index is 1450. The Morgan fingerprint density at radius 3 is 2.22 bits per heavy atom. The van der Waals surface area contributed by atoms with E-state index in [-0.39, 0.29) is 43.1 Å². The summed E-state index contributed by atoms with van der Waals surface area (Å²) in [7, 11) is 0. The second-order valence-electron chi connectivity index (χ2n) is 10.6. The van der Waals surface area contributed by atoms with E-state index in [1.54, 1.807) is 18.2 Å². The van der Waals surface area contributed by atoms with Crippen LogP contribution in [0.2, 0.25) is 5.02 Å². The van der Waals surface area contributed by atoms with Crippen LogP contribution >= 0.6 is 11.6 Å². The van der Waals surface area contributed by atoms with Crippen LogP contribution in [0, 0.1) is 0 Å². The van der Waals surface area contributed by atoms with E-state index in [1.807, 2.05) is 0 Å². The molecule has 5 amide bonds. The van der Waals surface area contributed by atoms with Crippen molar-refractivity contribution in [3.63, 3.8) is 0 Å². The molecule has 0 radical (unpaired) electrons. The maximum Gasteiger partial charge on any atom is 0.349 e. The Hall–Kier alpha value is -3.90. The Morgan fingerprint density at radius 1 is 0.902 bits per heavy atom. The predicted octanol–water partition coefficient (Wildman–Crippen LogP) is 1.87. The summed E-state index contributed by atoms with van der Waals surface area (Å²) >= 11 is 5.78. The minimum Gasteiger partial charge on any atom is -0.369 e. The molecule has 0 bridgehead atoms. The Morgan fingerprint density at radius 2 is 1.56 bits per heavy atom. The van der Waals surface area contributed by atoms with Crippen molar-refractivity contribution < 1.29 is 32.8 Å². The van der Waals surface area contributed by atoms with E-state index in [0.29, 0.717) is 31.2 Å². The second kappa shape index (κ2) is 10.2. The van der Waals surface area contributed by atoms with Gasteiger partial charge in [0, 0.05) is 68.0 Å². The van der Waals surface area contributed by atoms with Crippen molar-refractivity contribution in [2.75, 3.05) is 44.2 Å². The van der Waals surface area contributed by atoms with Crippen molar-refractivity contribution in [2.45, 2.75) is 30.8 Å². The van der Waals surface area contributed by atoms with Gasteiger partial charge in [-0.15, -0.1) is 0 Å². The fourth-order valence-corrected chi connectivity index (χ4v) is 5.96. The number of carbonyl (C=O) groups excluding carboxylic acids is 5. The highest BCUT2D eigenvalue weighted by Crippen LogP contribution is 2.34. The van der Waals surface area contributed by atoms with E-state index in [9.17, 15) is 32.8 Å². The third-order valence-corrected chi connectivity index (χ3v) is 8.50. The topological polar surface area (TPSA) is 110 Å². The Labute approximate surface area is 238 Å². The highest BCUT2D eigenvalue weighted by Gasteiger charge is 2.49. The zero-order valence-electron chi connectivity index (χ0n) is 21.8. The number of nitrogens with one attached hydrogen (secondary N) is 1. The van der Waals surface area contributed by atoms with Gasteiger partial charge >= 0.3 is 5.92 Å². The SMILES string of the molecule is O=C1CCC(N2C(=O)c3ccc(N4CCN(C5CN(C(=O)C(F)(F)c6ccc(Cl)cc6)C5)CC4)cc3C2=O)C(=O)N1. The summed E-state index contributed by atoms with van der Waals surface area (Å²) in [5.41, 5.74) is 0.799. The minimum absolute atomic E-state index is 0.0246. The molecular formula is C28H26ClF2N5O5. The lowest BCUT2D eigenvalue weighted by Crippen LogP contribution is -2.65. The Kier molecular flexibility index (Phi) is 6.77. The number of imide groups is 2. The molecule has 0 aromatic heterocycles. The third-order valence-electron chi connectivity index (χ3n) is 8.24. The first-order valence-electron chi connectivity index (χ1n) is 13.3. The van der Waals surface area contributed by atoms with Gasteiger partial charge < -0.3 is 9.80 Å². The lowest BCUT2D eigenvalue weighted by Gasteiger charge is -2.49. The summed E-state index contributed by atoms with van der Waals surface area (Å²) in [6.45, 7) is 2.90. The molecule has 2 aromatic rings. The van der Waals surface area contributed by atoms with Gasteiger partial charge in [-0.05, 0) is 36.8 Å². The van der Waals surface area contributed by atoms with Gasteiger partial charge in [-0.2, -0.15) is 8.78 Å². The largest absolute Gasteiger partial charge is 0.369 e. The van der Waals surface area contributed by atoms with E-state index in [0.717, 1.165) is 22.7 Å². The molecule has 13 heteroatoms. The number of rotatable bonds is 5. The molecule has 2 aromatic carbocycles. The number of fused-ring (bicyclic) bond motifs is 1. The average Bonchev–Trinajstić information content (AvgIpc) is 3.17. The maximum atomic E-state index is 14.7. The van der Waals surface area contributed by atoms with Crippen LogP contribution in [-0.2, 0) is 20.3 Å². The molecule has 0 spiro atoms. The number of hydrogen-bond donors (Lipinski definition) is 1. The normalized spacial score (nSPS) is 22.1. The smallest absolute Gasteiger partial charge is 0.349 e. The molecular weight excluding hydrogens is 560 g/mol. The number of anilines is 1. The molecule has 10 nitrogen and oxygen atoms in total. The molecule has 3 saturated heterocycles. The van der Waals surface area contributed by atoms with Crippen LogP contribution in [-0.4, -0.2) is 95.6 Å². The van der Waals surface area contributed by atoms with Crippen molar-refractivity contribution in [1.29, 1.82) is 0 Å². The summed E-state index contributed by atoms with van der Waals surface area (Å²) in [5, 5.41) is 2.50. The van der Waals surface area contributed by atoms with Gasteiger partial charge in [0.25, 0.3) is 17.7 Å². The van der Waals surface area contributed by atoms with Crippen LogP contribution in [0.15, 0.2) is 42.5 Å². The summed E-state index contributed by atoms with van der Waals surface area (Å²) in [5.74, 6) is -7.05. The number of likely N-dealkylation sites (tertiary alicyclic amines) is 1. The molecule has 4 aliphatic heterocycles. The molecule has 6 rings (SSSR count). The first kappa shape index (κ1) is 27.3. The zero-order valence-corrected chi connectivity index (χ0v) is 22.6. The first-order valence-corrected chi connectivity index (χ1v) is 13.7. The molecule has 41 heavy (non-hydrogen) atoms. The number of piperidine rings is 1. The number of benzene rings is 2. The summed E-state index contributed by atoms with van der Waals surface area (Å²) in [6, 6.07) is 8.93. The molecule has 1 N–H and O–H groups in total. The van der Waals surface area contributed by atoms with Gasteiger partial charge in [0.15, 0.2) is 0 Å². The minimum atomic E-state index is -3.63. The van der Waals surface area contributed by atoms with Gasteiger partial charge in [-0.1, -0.05) is 23.7 Å². The van der Waals surface area contributed by atoms with Crippen LogP contribution in [0.1, 0.15) is 39.1 Å². The van der Waals surface area contributed by atoms with E-state index in [2.05, 4.69) is 15.1 Å². The van der Waals surface area contributed by atoms with Crippen LogP contribution < -0.4 is 10.2 Å². The number of hydrogen-bond acceptors (Lipinski definition) is 7. The number of nitrogens with zero attached hydrogens (tertiary/aromatic N) is 4. The zero-order chi connectivity index (χ0) is 29.1. The molecule has 214 valence electrons. The van der Waals surface area contributed by atoms with E-state index in [1.165, 1.54) is 17.0 Å². The average molecular weight is 586 g/mol. The van der Waals surface area contributed by atoms with Gasteiger partial charge in [-0.25, -0.2) is 0 Å². The highest BCUT2D eigenvalue weighted by molar-refractivity contribution is 6.30. The van der Waals surface area contributed by atoms with Crippen LogP contribution in [0.4, 0.5) is 14.5 Å². The van der Waals surface area contributed by atoms with Gasteiger partial charge in [0.05, 0.1) is 11.1 Å².